The molecule has 3 heteroatoms. The molecule has 1 unspecified atom stereocenters. The van der Waals surface area contributed by atoms with Crippen molar-refractivity contribution in [2.75, 3.05) is 0 Å². The van der Waals surface area contributed by atoms with E-state index < -0.39 is 8.03 Å². The molecule has 0 aliphatic rings. The van der Waals surface area contributed by atoms with E-state index in [0.29, 0.717) is 5.30 Å². The Bertz CT molecular complexity index is 1070. The fourth-order valence-corrected chi connectivity index (χ4v) is 5.63. The summed E-state index contributed by atoms with van der Waals surface area (Å²) in [6.45, 7) is 19.1. The molecule has 0 amide bonds. The molecule has 2 nitrogen and oxygen atoms in total. The number of hydrogen-bond acceptors (Lipinski definition) is 1. The molecule has 162 valence electrons. The van der Waals surface area contributed by atoms with Gasteiger partial charge in [0.1, 0.15) is 0 Å². The molecule has 31 heavy (non-hydrogen) atoms. The molecule has 0 aromatic heterocycles. The Hall–Kier alpha value is -2.28. The average Bonchev–Trinajstić information content (AvgIpc) is 2.58. The van der Waals surface area contributed by atoms with E-state index in [1.54, 1.807) is 0 Å². The number of benzene rings is 3. The number of rotatable bonds is 3. The maximum absolute atomic E-state index is 12.9. The Kier molecular flexibility index (Phi) is 6.29. The normalized spacial score (nSPS) is 12.3. The fourth-order valence-electron chi connectivity index (χ4n) is 4.86. The average molecular weight is 434 g/mol. The van der Waals surface area contributed by atoms with Gasteiger partial charge in [-0.05, 0) is 103 Å². The number of aryl methyl sites for hydroxylation is 6. The van der Waals surface area contributed by atoms with Gasteiger partial charge in [-0.3, -0.25) is 0 Å². The lowest BCUT2D eigenvalue weighted by atomic mass is 9.81. The first kappa shape index (κ1) is 23.4. The first-order chi connectivity index (χ1) is 14.3. The molecule has 0 spiro atoms. The van der Waals surface area contributed by atoms with Gasteiger partial charge in [-0.25, -0.2) is 0 Å². The Balaban J connectivity index is 2.55. The van der Waals surface area contributed by atoms with Crippen molar-refractivity contribution in [2.45, 2.75) is 67.7 Å². The van der Waals surface area contributed by atoms with Crippen LogP contribution < -0.4 is 5.30 Å². The summed E-state index contributed by atoms with van der Waals surface area (Å²) in [5.41, 5.74) is 11.9. The molecular formula is C28H34O2P+. The minimum absolute atomic E-state index is 0.0951. The smallest absolute Gasteiger partial charge is 0.156 e. The van der Waals surface area contributed by atoms with Crippen LogP contribution in [0.2, 0.25) is 0 Å². The van der Waals surface area contributed by atoms with Crippen molar-refractivity contribution in [3.8, 4) is 22.3 Å². The molecule has 0 saturated carbocycles. The molecule has 0 saturated heterocycles. The molecule has 0 aliphatic carbocycles. The van der Waals surface area contributed by atoms with Gasteiger partial charge in [0, 0.05) is 11.1 Å². The van der Waals surface area contributed by atoms with E-state index in [0.717, 1.165) is 50.1 Å². The molecule has 0 radical (unpaired) electrons. The minimum atomic E-state index is -2.55. The summed E-state index contributed by atoms with van der Waals surface area (Å²) in [5.74, 6) is 0. The highest BCUT2D eigenvalue weighted by atomic mass is 31.1. The predicted octanol–water partition coefficient (Wildman–Crippen LogP) is 7.53. The number of hydrogen-bond donors (Lipinski definition) is 1. The van der Waals surface area contributed by atoms with E-state index in [-0.39, 0.29) is 5.41 Å². The molecule has 3 aromatic rings. The SMILES string of the molecule is Cc1cc(C)c(-c2cc(C(C)(C)C)cc(-c3c(C)cc(C)cc3C)c2[P+](=O)O)c(C)c1. The van der Waals surface area contributed by atoms with Crippen LogP contribution >= 0.6 is 8.03 Å². The van der Waals surface area contributed by atoms with Crippen LogP contribution in [0.5, 0.6) is 0 Å². The van der Waals surface area contributed by atoms with Crippen molar-refractivity contribution in [3.63, 3.8) is 0 Å². The van der Waals surface area contributed by atoms with Crippen LogP contribution in [0.4, 0.5) is 0 Å². The van der Waals surface area contributed by atoms with Crippen LogP contribution in [0.3, 0.4) is 0 Å². The quantitative estimate of drug-likeness (QED) is 0.434. The van der Waals surface area contributed by atoms with Crippen LogP contribution in [0.1, 0.15) is 59.7 Å². The standard InChI is InChI=1S/C28H33O2P/c1-16-10-18(3)25(19(4)11-16)23-14-22(28(7,8)9)15-24(27(23)31(29)30)26-20(5)12-17(2)13-21(26)6/h10-15H,1-9H3/p+1. The van der Waals surface area contributed by atoms with Gasteiger partial charge >= 0.3 is 8.03 Å². The van der Waals surface area contributed by atoms with Crippen LogP contribution in [0, 0.1) is 41.5 Å². The lowest BCUT2D eigenvalue weighted by Gasteiger charge is -2.24. The Labute approximate surface area is 188 Å². The Morgan fingerprint density at radius 3 is 1.23 bits per heavy atom. The van der Waals surface area contributed by atoms with Crippen molar-refractivity contribution in [2.24, 2.45) is 0 Å². The summed E-state index contributed by atoms with van der Waals surface area (Å²) in [5, 5.41) is 0.535. The second-order valence-corrected chi connectivity index (χ2v) is 11.0. The largest absolute Gasteiger partial charge is 0.547 e. The Morgan fingerprint density at radius 2 is 0.968 bits per heavy atom. The van der Waals surface area contributed by atoms with Gasteiger partial charge in [-0.15, -0.1) is 0 Å². The first-order valence-corrected chi connectivity index (χ1v) is 12.0. The van der Waals surface area contributed by atoms with Gasteiger partial charge in [0.2, 0.25) is 5.30 Å². The van der Waals surface area contributed by atoms with E-state index in [1.807, 2.05) is 0 Å². The monoisotopic (exact) mass is 433 g/mol. The second-order valence-electron chi connectivity index (χ2n) is 9.99. The zero-order valence-corrected chi connectivity index (χ0v) is 21.2. The van der Waals surface area contributed by atoms with E-state index in [1.165, 1.54) is 11.1 Å². The van der Waals surface area contributed by atoms with Gasteiger partial charge in [0.05, 0.1) is 0 Å². The molecule has 3 aromatic carbocycles. The summed E-state index contributed by atoms with van der Waals surface area (Å²) >= 11 is 0. The van der Waals surface area contributed by atoms with E-state index in [4.69, 9.17) is 0 Å². The second kappa shape index (κ2) is 8.34. The summed E-state index contributed by atoms with van der Waals surface area (Å²) in [4.78, 5) is 10.6. The lowest BCUT2D eigenvalue weighted by molar-refractivity contribution is 0.513. The third-order valence-corrected chi connectivity index (χ3v) is 6.92. The van der Waals surface area contributed by atoms with Crippen molar-refractivity contribution in [1.29, 1.82) is 0 Å². The zero-order chi connectivity index (χ0) is 23.2. The predicted molar refractivity (Wildman–Crippen MR) is 134 cm³/mol. The van der Waals surface area contributed by atoms with Crippen LogP contribution in [-0.4, -0.2) is 4.89 Å². The van der Waals surface area contributed by atoms with Crippen LogP contribution in [0.25, 0.3) is 22.3 Å². The summed E-state index contributed by atoms with van der Waals surface area (Å²) in [7, 11) is -2.55. The molecule has 3 rings (SSSR count). The molecule has 1 atom stereocenters. The van der Waals surface area contributed by atoms with E-state index in [2.05, 4.69) is 98.7 Å². The summed E-state index contributed by atoms with van der Waals surface area (Å²) < 4.78 is 12.9. The molecule has 0 aliphatic heterocycles. The maximum Gasteiger partial charge on any atom is 0.547 e. The summed E-state index contributed by atoms with van der Waals surface area (Å²) in [6.07, 6.45) is 0. The minimum Gasteiger partial charge on any atom is -0.156 e. The van der Waals surface area contributed by atoms with Crippen molar-refractivity contribution in [1.82, 2.24) is 0 Å². The highest BCUT2D eigenvalue weighted by molar-refractivity contribution is 7.48. The molecule has 1 N–H and O–H groups in total. The molecule has 0 heterocycles. The van der Waals surface area contributed by atoms with Gasteiger partial charge in [-0.1, -0.05) is 56.2 Å². The molecule has 0 fully saturated rings. The summed E-state index contributed by atoms with van der Waals surface area (Å²) in [6, 6.07) is 12.9. The van der Waals surface area contributed by atoms with Gasteiger partial charge < -0.3 is 0 Å². The fraction of sp³-hybridized carbons (Fsp3) is 0.357. The van der Waals surface area contributed by atoms with Gasteiger partial charge in [0.25, 0.3) is 0 Å². The van der Waals surface area contributed by atoms with Crippen LogP contribution in [0.15, 0.2) is 36.4 Å². The van der Waals surface area contributed by atoms with E-state index in [9.17, 15) is 9.46 Å². The lowest BCUT2D eigenvalue weighted by Crippen LogP contribution is -2.17. The van der Waals surface area contributed by atoms with Gasteiger partial charge in [0.15, 0.2) is 0 Å². The van der Waals surface area contributed by atoms with Gasteiger partial charge in [-0.2, -0.15) is 4.89 Å². The topological polar surface area (TPSA) is 37.3 Å². The molecule has 0 bridgehead atoms. The van der Waals surface area contributed by atoms with Crippen LogP contribution in [-0.2, 0) is 9.98 Å². The zero-order valence-electron chi connectivity index (χ0n) is 20.3. The van der Waals surface area contributed by atoms with E-state index >= 15 is 0 Å². The highest BCUT2D eigenvalue weighted by Gasteiger charge is 2.33. The third-order valence-electron chi connectivity index (χ3n) is 6.06. The third kappa shape index (κ3) is 4.52. The van der Waals surface area contributed by atoms with Crippen molar-refractivity contribution < 1.29 is 9.46 Å². The highest BCUT2D eigenvalue weighted by Crippen LogP contribution is 2.41. The first-order valence-electron chi connectivity index (χ1n) is 10.8. The van der Waals surface area contributed by atoms with Crippen molar-refractivity contribution in [3.05, 3.63) is 75.3 Å². The maximum atomic E-state index is 12.9. The van der Waals surface area contributed by atoms with Crippen molar-refractivity contribution >= 4 is 13.3 Å². The Morgan fingerprint density at radius 1 is 0.645 bits per heavy atom. The molecular weight excluding hydrogens is 399 g/mol.